The quantitative estimate of drug-likeness (QED) is 0.144. The molecule has 36 heavy (non-hydrogen) atoms. The van der Waals surface area contributed by atoms with Crippen LogP contribution in [-0.2, 0) is 11.3 Å². The molecule has 3 rings (SSSR count). The van der Waals surface area contributed by atoms with E-state index in [-0.39, 0.29) is 11.7 Å². The van der Waals surface area contributed by atoms with Gasteiger partial charge in [0.05, 0.1) is 32.8 Å². The van der Waals surface area contributed by atoms with Gasteiger partial charge in [-0.25, -0.2) is 5.43 Å². The minimum atomic E-state index is -0.231. The smallest absolute Gasteiger partial charge is 0.250 e. The zero-order valence-electron chi connectivity index (χ0n) is 21.2. The lowest BCUT2D eigenvalue weighted by Crippen LogP contribution is -2.20. The number of rotatable bonds is 14. The van der Waals surface area contributed by atoms with E-state index in [2.05, 4.69) is 27.6 Å². The third-order valence-electron chi connectivity index (χ3n) is 5.31. The van der Waals surface area contributed by atoms with Crippen LogP contribution in [0.2, 0.25) is 0 Å². The second-order valence-electron chi connectivity index (χ2n) is 7.83. The summed E-state index contributed by atoms with van der Waals surface area (Å²) in [6.45, 7) is 5.54. The number of aromatic nitrogens is 3. The lowest BCUT2D eigenvalue weighted by Gasteiger charge is -2.10. The van der Waals surface area contributed by atoms with Crippen molar-refractivity contribution in [1.29, 1.82) is 0 Å². The van der Waals surface area contributed by atoms with E-state index < -0.39 is 0 Å². The van der Waals surface area contributed by atoms with Gasteiger partial charge in [-0.15, -0.1) is 10.2 Å². The zero-order chi connectivity index (χ0) is 25.8. The minimum Gasteiger partial charge on any atom is -0.494 e. The van der Waals surface area contributed by atoms with Crippen molar-refractivity contribution in [3.63, 3.8) is 0 Å². The topological polar surface area (TPSA) is 99.9 Å². The molecule has 192 valence electrons. The molecule has 0 saturated heterocycles. The maximum Gasteiger partial charge on any atom is 0.250 e. The Morgan fingerprint density at radius 1 is 1.06 bits per heavy atom. The van der Waals surface area contributed by atoms with Crippen LogP contribution in [0.1, 0.15) is 38.7 Å². The molecule has 1 N–H and O–H groups in total. The second-order valence-corrected chi connectivity index (χ2v) is 8.77. The first-order valence-corrected chi connectivity index (χ1v) is 12.9. The fraction of sp³-hybridized carbons (Fsp3) is 0.385. The van der Waals surface area contributed by atoms with Gasteiger partial charge in [-0.3, -0.25) is 4.79 Å². The highest BCUT2D eigenvalue weighted by atomic mass is 32.2. The molecule has 0 bridgehead atoms. The van der Waals surface area contributed by atoms with Crippen LogP contribution >= 0.6 is 11.8 Å². The van der Waals surface area contributed by atoms with Crippen molar-refractivity contribution in [2.24, 2.45) is 5.10 Å². The molecule has 2 aromatic carbocycles. The SMILES string of the molecule is CCCCCOc1ccc(/C=N\NC(=O)CSc2nnc(-c3ccc(OC)c(OC)c3)n2CC)cc1. The monoisotopic (exact) mass is 511 g/mol. The van der Waals surface area contributed by atoms with Crippen LogP contribution < -0.4 is 19.6 Å². The fourth-order valence-corrected chi connectivity index (χ4v) is 4.20. The fourth-order valence-electron chi connectivity index (χ4n) is 3.40. The molecule has 0 spiro atoms. The molecule has 0 aliphatic carbocycles. The van der Waals surface area contributed by atoms with E-state index in [1.165, 1.54) is 24.6 Å². The predicted molar refractivity (Wildman–Crippen MR) is 142 cm³/mol. The van der Waals surface area contributed by atoms with Gasteiger partial charge in [-0.1, -0.05) is 31.5 Å². The Kier molecular flexibility index (Phi) is 10.6. The number of hydrazone groups is 1. The van der Waals surface area contributed by atoms with E-state index in [0.29, 0.717) is 29.0 Å². The van der Waals surface area contributed by atoms with Crippen LogP contribution in [0.5, 0.6) is 17.2 Å². The van der Waals surface area contributed by atoms with Crippen molar-refractivity contribution in [2.75, 3.05) is 26.6 Å². The van der Waals surface area contributed by atoms with E-state index >= 15 is 0 Å². The number of methoxy groups -OCH3 is 2. The number of ether oxygens (including phenoxy) is 3. The number of nitrogens with zero attached hydrogens (tertiary/aromatic N) is 4. The first kappa shape index (κ1) is 27.1. The lowest BCUT2D eigenvalue weighted by molar-refractivity contribution is -0.118. The van der Waals surface area contributed by atoms with Crippen molar-refractivity contribution in [2.45, 2.75) is 44.8 Å². The molecule has 9 nitrogen and oxygen atoms in total. The summed E-state index contributed by atoms with van der Waals surface area (Å²) in [6.07, 6.45) is 4.99. The Morgan fingerprint density at radius 3 is 2.53 bits per heavy atom. The standard InChI is InChI=1S/C26H33N5O4S/c1-5-7-8-15-35-21-12-9-19(10-13-21)17-27-28-24(32)18-36-26-30-29-25(31(26)6-2)20-11-14-22(33-3)23(16-20)34-4/h9-14,16-17H,5-8,15,18H2,1-4H3,(H,28,32)/b27-17-. The van der Waals surface area contributed by atoms with Gasteiger partial charge < -0.3 is 18.8 Å². The van der Waals surface area contributed by atoms with Crippen LogP contribution in [0, 0.1) is 0 Å². The Labute approximate surface area is 216 Å². The summed E-state index contributed by atoms with van der Waals surface area (Å²) in [6, 6.07) is 13.2. The van der Waals surface area contributed by atoms with Gasteiger partial charge in [-0.2, -0.15) is 5.10 Å². The molecule has 1 heterocycles. The van der Waals surface area contributed by atoms with Crippen LogP contribution in [-0.4, -0.2) is 53.5 Å². The highest BCUT2D eigenvalue weighted by Gasteiger charge is 2.16. The summed E-state index contributed by atoms with van der Waals surface area (Å²) < 4.78 is 18.4. The number of nitrogens with one attached hydrogen (secondary N) is 1. The highest BCUT2D eigenvalue weighted by molar-refractivity contribution is 7.99. The third kappa shape index (κ3) is 7.48. The Balaban J connectivity index is 1.52. The normalized spacial score (nSPS) is 11.0. The number of hydrogen-bond donors (Lipinski definition) is 1. The van der Waals surface area contributed by atoms with Crippen molar-refractivity contribution in [1.82, 2.24) is 20.2 Å². The van der Waals surface area contributed by atoms with E-state index in [0.717, 1.165) is 29.9 Å². The average Bonchev–Trinajstić information content (AvgIpc) is 3.33. The van der Waals surface area contributed by atoms with Gasteiger partial charge in [0.15, 0.2) is 22.5 Å². The summed E-state index contributed by atoms with van der Waals surface area (Å²) in [5, 5.41) is 13.3. The van der Waals surface area contributed by atoms with Crippen molar-refractivity contribution >= 4 is 23.9 Å². The maximum absolute atomic E-state index is 12.3. The molecular weight excluding hydrogens is 478 g/mol. The molecule has 0 atom stereocenters. The minimum absolute atomic E-state index is 0.159. The Hall–Kier alpha value is -3.53. The summed E-state index contributed by atoms with van der Waals surface area (Å²) in [5.41, 5.74) is 4.28. The van der Waals surface area contributed by atoms with Crippen LogP contribution in [0.4, 0.5) is 0 Å². The molecule has 0 aliphatic heterocycles. The van der Waals surface area contributed by atoms with E-state index in [4.69, 9.17) is 14.2 Å². The number of unbranched alkanes of at least 4 members (excludes halogenated alkanes) is 2. The number of hydrogen-bond acceptors (Lipinski definition) is 8. The van der Waals surface area contributed by atoms with Gasteiger partial charge in [0.1, 0.15) is 5.75 Å². The first-order chi connectivity index (χ1) is 17.6. The molecule has 0 fully saturated rings. The van der Waals surface area contributed by atoms with Gasteiger partial charge in [0, 0.05) is 12.1 Å². The van der Waals surface area contributed by atoms with Crippen molar-refractivity contribution < 1.29 is 19.0 Å². The summed E-state index contributed by atoms with van der Waals surface area (Å²) in [4.78, 5) is 12.3. The van der Waals surface area contributed by atoms with Crippen LogP contribution in [0.15, 0.2) is 52.7 Å². The number of carbonyl (C=O) groups is 1. The number of carbonyl (C=O) groups excluding carboxylic acids is 1. The van der Waals surface area contributed by atoms with Gasteiger partial charge >= 0.3 is 0 Å². The van der Waals surface area contributed by atoms with Gasteiger partial charge in [0.25, 0.3) is 5.91 Å². The summed E-state index contributed by atoms with van der Waals surface area (Å²) in [5.74, 6) is 2.70. The predicted octanol–water partition coefficient (Wildman–Crippen LogP) is 4.79. The van der Waals surface area contributed by atoms with Crippen molar-refractivity contribution in [3.8, 4) is 28.6 Å². The highest BCUT2D eigenvalue weighted by Crippen LogP contribution is 2.32. The number of benzene rings is 2. The molecule has 0 radical (unpaired) electrons. The van der Waals surface area contributed by atoms with Crippen LogP contribution in [0.25, 0.3) is 11.4 Å². The lowest BCUT2D eigenvalue weighted by atomic mass is 10.2. The summed E-state index contributed by atoms with van der Waals surface area (Å²) in [7, 11) is 3.19. The molecule has 0 aliphatic rings. The van der Waals surface area contributed by atoms with Gasteiger partial charge in [-0.05, 0) is 61.4 Å². The average molecular weight is 512 g/mol. The zero-order valence-corrected chi connectivity index (χ0v) is 22.0. The Morgan fingerprint density at radius 2 is 1.83 bits per heavy atom. The molecule has 1 aromatic heterocycles. The van der Waals surface area contributed by atoms with E-state index in [1.54, 1.807) is 20.4 Å². The molecular formula is C26H33N5O4S. The number of amides is 1. The molecule has 0 saturated carbocycles. The van der Waals surface area contributed by atoms with Crippen molar-refractivity contribution in [3.05, 3.63) is 48.0 Å². The molecule has 3 aromatic rings. The third-order valence-corrected chi connectivity index (χ3v) is 6.27. The van der Waals surface area contributed by atoms with E-state index in [9.17, 15) is 4.79 Å². The van der Waals surface area contributed by atoms with E-state index in [1.807, 2.05) is 54.0 Å². The second kappa shape index (κ2) is 14.1. The largest absolute Gasteiger partial charge is 0.494 e. The Bertz CT molecular complexity index is 1150. The number of thioether (sulfide) groups is 1. The summed E-state index contributed by atoms with van der Waals surface area (Å²) >= 11 is 1.30. The molecule has 10 heteroatoms. The van der Waals surface area contributed by atoms with Crippen LogP contribution in [0.3, 0.4) is 0 Å². The first-order valence-electron chi connectivity index (χ1n) is 11.9. The molecule has 0 unspecified atom stereocenters. The van der Waals surface area contributed by atoms with Gasteiger partial charge in [0.2, 0.25) is 0 Å². The maximum atomic E-state index is 12.3. The molecule has 1 amide bonds.